The predicted molar refractivity (Wildman–Crippen MR) is 56.2 cm³/mol. The number of hydrogen-bond donors (Lipinski definition) is 0. The van der Waals surface area contributed by atoms with Crippen molar-refractivity contribution in [3.05, 3.63) is 11.5 Å². The molecule has 0 N–H and O–H groups in total. The van der Waals surface area contributed by atoms with Crippen LogP contribution in [0.25, 0.3) is 0 Å². The molecule has 1 atom stereocenters. The van der Waals surface area contributed by atoms with Crippen molar-refractivity contribution in [3.8, 4) is 0 Å². The van der Waals surface area contributed by atoms with E-state index in [0.717, 1.165) is 6.61 Å². The van der Waals surface area contributed by atoms with Crippen LogP contribution in [-0.2, 0) is 22.8 Å². The van der Waals surface area contributed by atoms with Gasteiger partial charge in [-0.2, -0.15) is 0 Å². The van der Waals surface area contributed by atoms with Gasteiger partial charge in [-0.25, -0.2) is 0 Å². The van der Waals surface area contributed by atoms with Gasteiger partial charge < -0.3 is 22.8 Å². The van der Waals surface area contributed by atoms with Gasteiger partial charge in [0.1, 0.15) is 12.7 Å². The lowest BCUT2D eigenvalue weighted by atomic mass is 10.5. The van der Waals surface area contributed by atoms with E-state index < -0.39 is 8.80 Å². The van der Waals surface area contributed by atoms with Gasteiger partial charge in [0.2, 0.25) is 0 Å². The summed E-state index contributed by atoms with van der Waals surface area (Å²) in [5.41, 5.74) is 0. The van der Waals surface area contributed by atoms with Crippen LogP contribution < -0.4 is 0 Å². The van der Waals surface area contributed by atoms with Gasteiger partial charge in [0.05, 0.1) is 6.61 Å². The van der Waals surface area contributed by atoms with Crippen LogP contribution in [-0.4, -0.2) is 49.5 Å². The number of ether oxygens (including phenoxy) is 2. The van der Waals surface area contributed by atoms with E-state index in [0.29, 0.717) is 12.0 Å². The van der Waals surface area contributed by atoms with E-state index in [1.165, 1.54) is 0 Å². The van der Waals surface area contributed by atoms with E-state index in [2.05, 4.69) is 0 Å². The minimum absolute atomic E-state index is 0.206. The summed E-state index contributed by atoms with van der Waals surface area (Å²) in [6.45, 7) is 3.14. The van der Waals surface area contributed by atoms with Gasteiger partial charge in [0, 0.05) is 21.3 Å². The molecule has 1 aliphatic rings. The van der Waals surface area contributed by atoms with Gasteiger partial charge in [-0.05, 0) is 13.0 Å². The standard InChI is InChI=1S/C9H18O5Si/c1-5-9(14-7-8-6-13-8)15(10-2,11-3)12-4/h5,8H,6-7H2,1-4H3/b9-5+. The molecule has 1 saturated heterocycles. The molecule has 1 rings (SSSR count). The molecule has 1 fully saturated rings. The highest BCUT2D eigenvalue weighted by atomic mass is 28.4. The highest BCUT2D eigenvalue weighted by Gasteiger charge is 2.45. The van der Waals surface area contributed by atoms with Gasteiger partial charge >= 0.3 is 8.80 Å². The maximum Gasteiger partial charge on any atom is 0.572 e. The highest BCUT2D eigenvalue weighted by molar-refractivity contribution is 6.67. The number of epoxide rings is 1. The molecule has 0 bridgehead atoms. The Hall–Kier alpha value is -0.403. The Morgan fingerprint density at radius 2 is 1.87 bits per heavy atom. The average molecular weight is 234 g/mol. The molecule has 0 aliphatic carbocycles. The molecule has 5 nitrogen and oxygen atoms in total. The first-order valence-corrected chi connectivity index (χ1v) is 6.51. The molecule has 0 aromatic heterocycles. The predicted octanol–water partition coefficient (Wildman–Crippen LogP) is 0.723. The molecule has 88 valence electrons. The largest absolute Gasteiger partial charge is 0.572 e. The van der Waals surface area contributed by atoms with E-state index in [4.69, 9.17) is 22.8 Å². The summed E-state index contributed by atoms with van der Waals surface area (Å²) < 4.78 is 26.5. The Kier molecular flexibility index (Phi) is 4.74. The van der Waals surface area contributed by atoms with E-state index in [9.17, 15) is 0 Å². The third kappa shape index (κ3) is 3.02. The fourth-order valence-electron chi connectivity index (χ4n) is 1.25. The number of allylic oxidation sites excluding steroid dienone is 1. The van der Waals surface area contributed by atoms with Gasteiger partial charge in [-0.1, -0.05) is 0 Å². The van der Waals surface area contributed by atoms with Gasteiger partial charge in [0.15, 0.2) is 5.38 Å². The summed E-state index contributed by atoms with van der Waals surface area (Å²) in [6.07, 6.45) is 2.02. The molecule has 0 spiro atoms. The van der Waals surface area contributed by atoms with Crippen LogP contribution in [0.15, 0.2) is 11.5 Å². The van der Waals surface area contributed by atoms with E-state index >= 15 is 0 Å². The number of hydrogen-bond acceptors (Lipinski definition) is 5. The molecule has 1 heterocycles. The van der Waals surface area contributed by atoms with Crippen LogP contribution in [0.3, 0.4) is 0 Å². The Morgan fingerprint density at radius 1 is 1.33 bits per heavy atom. The molecular weight excluding hydrogens is 216 g/mol. The first-order valence-electron chi connectivity index (χ1n) is 4.79. The van der Waals surface area contributed by atoms with Crippen LogP contribution in [0, 0.1) is 0 Å². The normalized spacial score (nSPS) is 21.6. The minimum Gasteiger partial charge on any atom is -0.492 e. The van der Waals surface area contributed by atoms with Crippen molar-refractivity contribution in [2.75, 3.05) is 34.5 Å². The summed E-state index contributed by atoms with van der Waals surface area (Å²) in [7, 11) is 1.86. The lowest BCUT2D eigenvalue weighted by molar-refractivity contribution is 0.0941. The van der Waals surface area contributed by atoms with Crippen LogP contribution >= 0.6 is 0 Å². The first-order chi connectivity index (χ1) is 7.22. The monoisotopic (exact) mass is 234 g/mol. The van der Waals surface area contributed by atoms with Gasteiger partial charge in [0.25, 0.3) is 0 Å². The zero-order valence-electron chi connectivity index (χ0n) is 9.61. The van der Waals surface area contributed by atoms with Crippen molar-refractivity contribution in [1.82, 2.24) is 0 Å². The Balaban J connectivity index is 2.59. The van der Waals surface area contributed by atoms with E-state index in [1.54, 1.807) is 21.3 Å². The molecule has 0 amide bonds. The topological polar surface area (TPSA) is 49.5 Å². The summed E-state index contributed by atoms with van der Waals surface area (Å²) in [5, 5.41) is 0.630. The summed E-state index contributed by atoms with van der Waals surface area (Å²) >= 11 is 0. The SMILES string of the molecule is C/C=C(\OCC1CO1)[Si](OC)(OC)OC. The Bertz CT molecular complexity index is 214. The Labute approximate surface area is 91.3 Å². The maximum atomic E-state index is 5.58. The van der Waals surface area contributed by atoms with Crippen LogP contribution in [0.1, 0.15) is 6.92 Å². The van der Waals surface area contributed by atoms with Crippen LogP contribution in [0.4, 0.5) is 0 Å². The Morgan fingerprint density at radius 3 is 2.20 bits per heavy atom. The van der Waals surface area contributed by atoms with Crippen LogP contribution in [0.5, 0.6) is 0 Å². The van der Waals surface area contributed by atoms with Crippen LogP contribution in [0.2, 0.25) is 0 Å². The molecule has 0 radical (unpaired) electrons. The van der Waals surface area contributed by atoms with Crippen molar-refractivity contribution in [2.24, 2.45) is 0 Å². The highest BCUT2D eigenvalue weighted by Crippen LogP contribution is 2.21. The third-order valence-corrected chi connectivity index (χ3v) is 4.85. The molecule has 15 heavy (non-hydrogen) atoms. The van der Waals surface area contributed by atoms with E-state index in [1.807, 2.05) is 13.0 Å². The zero-order chi connectivity index (χ0) is 11.3. The van der Waals surface area contributed by atoms with Crippen molar-refractivity contribution in [1.29, 1.82) is 0 Å². The smallest absolute Gasteiger partial charge is 0.492 e. The molecular formula is C9H18O5Si. The van der Waals surface area contributed by atoms with Crippen molar-refractivity contribution in [2.45, 2.75) is 13.0 Å². The van der Waals surface area contributed by atoms with Gasteiger partial charge in [-0.15, -0.1) is 0 Å². The summed E-state index contributed by atoms with van der Waals surface area (Å²) in [4.78, 5) is 0. The summed E-state index contributed by atoms with van der Waals surface area (Å²) in [6, 6.07) is 0. The number of rotatable bonds is 7. The average Bonchev–Trinajstić information content (AvgIpc) is 3.09. The van der Waals surface area contributed by atoms with Crippen molar-refractivity contribution < 1.29 is 22.8 Å². The zero-order valence-corrected chi connectivity index (χ0v) is 10.6. The fourth-order valence-corrected chi connectivity index (χ4v) is 2.96. The van der Waals surface area contributed by atoms with Gasteiger partial charge in [-0.3, -0.25) is 0 Å². The third-order valence-electron chi connectivity index (χ3n) is 2.20. The molecule has 1 aliphatic heterocycles. The molecule has 0 saturated carbocycles. The lowest BCUT2D eigenvalue weighted by Gasteiger charge is -2.26. The molecule has 1 unspecified atom stereocenters. The maximum absolute atomic E-state index is 5.58. The summed E-state index contributed by atoms with van der Waals surface area (Å²) in [5.74, 6) is 0. The lowest BCUT2D eigenvalue weighted by Crippen LogP contribution is -2.46. The molecule has 0 aromatic rings. The molecule has 6 heteroatoms. The first kappa shape index (κ1) is 12.7. The fraction of sp³-hybridized carbons (Fsp3) is 0.778. The second kappa shape index (κ2) is 5.62. The minimum atomic E-state index is -2.80. The van der Waals surface area contributed by atoms with Crippen molar-refractivity contribution in [3.63, 3.8) is 0 Å². The second-order valence-corrected chi connectivity index (χ2v) is 5.92. The quantitative estimate of drug-likeness (QED) is 0.369. The van der Waals surface area contributed by atoms with Crippen molar-refractivity contribution >= 4 is 8.80 Å². The molecule has 0 aromatic carbocycles. The second-order valence-electron chi connectivity index (χ2n) is 3.09. The van der Waals surface area contributed by atoms with E-state index in [-0.39, 0.29) is 6.10 Å².